The molecule has 1 N–H and O–H groups in total. The Morgan fingerprint density at radius 2 is 2.24 bits per heavy atom. The van der Waals surface area contributed by atoms with Crippen LogP contribution in [0.3, 0.4) is 0 Å². The molecule has 0 spiro atoms. The molecular formula is C11H11N5S. The van der Waals surface area contributed by atoms with Crippen molar-refractivity contribution < 1.29 is 0 Å². The average Bonchev–Trinajstić information content (AvgIpc) is 2.77. The quantitative estimate of drug-likeness (QED) is 0.898. The molecule has 17 heavy (non-hydrogen) atoms. The second-order valence-corrected chi connectivity index (χ2v) is 4.57. The van der Waals surface area contributed by atoms with Gasteiger partial charge in [0.05, 0.1) is 6.20 Å². The Labute approximate surface area is 103 Å². The normalized spacial score (nSPS) is 9.71. The van der Waals surface area contributed by atoms with Crippen molar-refractivity contribution in [3.63, 3.8) is 0 Å². The lowest BCUT2D eigenvalue weighted by atomic mass is 10.4. The first-order chi connectivity index (χ1) is 8.19. The van der Waals surface area contributed by atoms with Crippen LogP contribution >= 0.6 is 11.3 Å². The molecule has 86 valence electrons. The molecule has 0 aromatic carbocycles. The summed E-state index contributed by atoms with van der Waals surface area (Å²) in [7, 11) is 3.87. The number of aromatic nitrogens is 2. The Hall–Kier alpha value is -2.13. The molecule has 2 aromatic heterocycles. The molecule has 0 unspecified atom stereocenters. The summed E-state index contributed by atoms with van der Waals surface area (Å²) < 4.78 is 0. The first-order valence-electron chi connectivity index (χ1n) is 4.96. The summed E-state index contributed by atoms with van der Waals surface area (Å²) in [5.74, 6) is 1.59. The van der Waals surface area contributed by atoms with E-state index in [2.05, 4.69) is 21.4 Å². The smallest absolute Gasteiger partial charge is 0.189 e. The van der Waals surface area contributed by atoms with Crippen molar-refractivity contribution >= 4 is 28.1 Å². The minimum absolute atomic E-state index is 0.580. The van der Waals surface area contributed by atoms with Gasteiger partial charge in [0, 0.05) is 14.1 Å². The summed E-state index contributed by atoms with van der Waals surface area (Å²) in [6.45, 7) is 0. The van der Waals surface area contributed by atoms with Gasteiger partial charge in [-0.2, -0.15) is 5.26 Å². The van der Waals surface area contributed by atoms with Crippen molar-refractivity contribution in [2.45, 2.75) is 0 Å². The molecule has 5 nitrogen and oxygen atoms in total. The van der Waals surface area contributed by atoms with Gasteiger partial charge in [0.1, 0.15) is 22.6 Å². The van der Waals surface area contributed by atoms with Gasteiger partial charge in [-0.15, -0.1) is 0 Å². The fraction of sp³-hybridized carbons (Fsp3) is 0.182. The first-order valence-corrected chi connectivity index (χ1v) is 5.78. The second kappa shape index (κ2) is 4.80. The van der Waals surface area contributed by atoms with Crippen molar-refractivity contribution in [1.82, 2.24) is 9.97 Å². The second-order valence-electron chi connectivity index (χ2n) is 3.54. The molecule has 0 aliphatic rings. The van der Waals surface area contributed by atoms with Gasteiger partial charge in [0.15, 0.2) is 5.13 Å². The van der Waals surface area contributed by atoms with Crippen LogP contribution in [0.2, 0.25) is 0 Å². The highest BCUT2D eigenvalue weighted by molar-refractivity contribution is 7.16. The summed E-state index contributed by atoms with van der Waals surface area (Å²) in [5.41, 5.74) is 0. The van der Waals surface area contributed by atoms with E-state index in [1.165, 1.54) is 11.3 Å². The third kappa shape index (κ3) is 2.71. The minimum Gasteiger partial charge on any atom is -0.363 e. The number of rotatable bonds is 3. The topological polar surface area (TPSA) is 64.8 Å². The summed E-state index contributed by atoms with van der Waals surface area (Å²) in [6, 6.07) is 7.76. The van der Waals surface area contributed by atoms with Crippen LogP contribution in [0, 0.1) is 11.3 Å². The number of pyridine rings is 1. The molecule has 0 saturated heterocycles. The fourth-order valence-electron chi connectivity index (χ4n) is 1.24. The Balaban J connectivity index is 2.18. The van der Waals surface area contributed by atoms with Crippen LogP contribution in [0.15, 0.2) is 24.4 Å². The fourth-order valence-corrected chi connectivity index (χ4v) is 1.86. The molecule has 0 saturated carbocycles. The molecule has 2 aromatic rings. The van der Waals surface area contributed by atoms with Gasteiger partial charge in [-0.3, -0.25) is 0 Å². The maximum absolute atomic E-state index is 8.70. The number of thiazole rings is 1. The zero-order valence-electron chi connectivity index (χ0n) is 9.51. The van der Waals surface area contributed by atoms with Crippen LogP contribution in [0.25, 0.3) is 0 Å². The van der Waals surface area contributed by atoms with Crippen LogP contribution in [-0.2, 0) is 0 Å². The number of nitrogens with zero attached hydrogens (tertiary/aromatic N) is 4. The zero-order valence-corrected chi connectivity index (χ0v) is 10.3. The lowest BCUT2D eigenvalue weighted by Gasteiger charge is -2.12. The van der Waals surface area contributed by atoms with Crippen LogP contribution in [0.1, 0.15) is 4.88 Å². The molecule has 0 fully saturated rings. The van der Waals surface area contributed by atoms with Crippen LogP contribution in [0.4, 0.5) is 16.8 Å². The average molecular weight is 245 g/mol. The third-order valence-electron chi connectivity index (χ3n) is 2.04. The van der Waals surface area contributed by atoms with Crippen LogP contribution in [0.5, 0.6) is 0 Å². The number of anilines is 3. The predicted octanol–water partition coefficient (Wildman–Crippen LogP) is 2.22. The highest BCUT2D eigenvalue weighted by Gasteiger charge is 2.03. The molecular weight excluding hydrogens is 234 g/mol. The highest BCUT2D eigenvalue weighted by Crippen LogP contribution is 2.21. The van der Waals surface area contributed by atoms with Gasteiger partial charge in [0.2, 0.25) is 0 Å². The van der Waals surface area contributed by atoms with Gasteiger partial charge in [-0.1, -0.05) is 17.4 Å². The van der Waals surface area contributed by atoms with E-state index in [4.69, 9.17) is 5.26 Å². The Bertz CT molecular complexity index is 555. The standard InChI is InChI=1S/C11H11N5S/c1-16(2)10-5-3-4-9(14-10)15-11-13-7-8(6-12)17-11/h3-5,7H,1-2H3,(H,13,14,15). The Morgan fingerprint density at radius 3 is 2.88 bits per heavy atom. The molecule has 2 heterocycles. The summed E-state index contributed by atoms with van der Waals surface area (Å²) >= 11 is 1.31. The summed E-state index contributed by atoms with van der Waals surface area (Å²) in [5, 5.41) is 12.4. The first kappa shape index (κ1) is 11.4. The van der Waals surface area contributed by atoms with Crippen LogP contribution < -0.4 is 10.2 Å². The monoisotopic (exact) mass is 245 g/mol. The number of nitriles is 1. The number of hydrogen-bond donors (Lipinski definition) is 1. The van der Waals surface area contributed by atoms with Crippen molar-refractivity contribution in [3.8, 4) is 6.07 Å². The maximum atomic E-state index is 8.70. The number of nitrogens with one attached hydrogen (secondary N) is 1. The molecule has 0 atom stereocenters. The van der Waals surface area contributed by atoms with Crippen molar-refractivity contribution in [2.24, 2.45) is 0 Å². The molecule has 0 aliphatic heterocycles. The van der Waals surface area contributed by atoms with Gasteiger partial charge in [-0.05, 0) is 12.1 Å². The molecule has 0 aliphatic carbocycles. The lowest BCUT2D eigenvalue weighted by molar-refractivity contribution is 1.07. The Kier molecular flexibility index (Phi) is 3.21. The maximum Gasteiger partial charge on any atom is 0.189 e. The van der Waals surface area contributed by atoms with E-state index in [-0.39, 0.29) is 0 Å². The van der Waals surface area contributed by atoms with Gasteiger partial charge in [-0.25, -0.2) is 9.97 Å². The van der Waals surface area contributed by atoms with E-state index < -0.39 is 0 Å². The van der Waals surface area contributed by atoms with Crippen molar-refractivity contribution in [3.05, 3.63) is 29.3 Å². The van der Waals surface area contributed by atoms with E-state index in [0.717, 1.165) is 11.6 Å². The third-order valence-corrected chi connectivity index (χ3v) is 2.86. The minimum atomic E-state index is 0.580. The molecule has 2 rings (SSSR count). The van der Waals surface area contributed by atoms with Gasteiger partial charge >= 0.3 is 0 Å². The lowest BCUT2D eigenvalue weighted by Crippen LogP contribution is -2.10. The SMILES string of the molecule is CN(C)c1cccc(Nc2ncc(C#N)s2)n1. The number of hydrogen-bond acceptors (Lipinski definition) is 6. The molecule has 6 heteroatoms. The highest BCUT2D eigenvalue weighted by atomic mass is 32.1. The van der Waals surface area contributed by atoms with E-state index in [1.807, 2.05) is 37.2 Å². The van der Waals surface area contributed by atoms with Crippen molar-refractivity contribution in [2.75, 3.05) is 24.3 Å². The predicted molar refractivity (Wildman–Crippen MR) is 68.7 cm³/mol. The zero-order chi connectivity index (χ0) is 12.3. The largest absolute Gasteiger partial charge is 0.363 e. The van der Waals surface area contributed by atoms with Gasteiger partial charge < -0.3 is 10.2 Å². The van der Waals surface area contributed by atoms with E-state index in [0.29, 0.717) is 10.0 Å². The van der Waals surface area contributed by atoms with Gasteiger partial charge in [0.25, 0.3) is 0 Å². The van der Waals surface area contributed by atoms with Crippen molar-refractivity contribution in [1.29, 1.82) is 5.26 Å². The summed E-state index contributed by atoms with van der Waals surface area (Å²) in [6.07, 6.45) is 1.54. The molecule has 0 bridgehead atoms. The van der Waals surface area contributed by atoms with E-state index in [9.17, 15) is 0 Å². The molecule has 0 amide bonds. The van der Waals surface area contributed by atoms with E-state index >= 15 is 0 Å². The molecule has 0 radical (unpaired) electrons. The van der Waals surface area contributed by atoms with Crippen LogP contribution in [-0.4, -0.2) is 24.1 Å². The Morgan fingerprint density at radius 1 is 1.41 bits per heavy atom. The van der Waals surface area contributed by atoms with E-state index in [1.54, 1.807) is 6.20 Å². The summed E-state index contributed by atoms with van der Waals surface area (Å²) in [4.78, 5) is 11.0.